The van der Waals surface area contributed by atoms with E-state index in [0.29, 0.717) is 30.6 Å². The lowest BCUT2D eigenvalue weighted by Gasteiger charge is -2.33. The molecule has 1 fully saturated rings. The molecule has 3 rings (SSSR count). The van der Waals surface area contributed by atoms with Crippen molar-refractivity contribution in [2.24, 2.45) is 4.99 Å². The lowest BCUT2D eigenvalue weighted by Crippen LogP contribution is -2.44. The third-order valence-corrected chi connectivity index (χ3v) is 4.99. The van der Waals surface area contributed by atoms with Gasteiger partial charge in [0.05, 0.1) is 33.0 Å². The largest absolute Gasteiger partial charge is 0.493 e. The molecule has 1 aliphatic heterocycles. The molecule has 0 saturated carbocycles. The predicted octanol–water partition coefficient (Wildman–Crippen LogP) is 3.06. The van der Waals surface area contributed by atoms with Crippen LogP contribution in [0.3, 0.4) is 0 Å². The highest BCUT2D eigenvalue weighted by molar-refractivity contribution is 5.93. The minimum absolute atomic E-state index is 0.0935. The van der Waals surface area contributed by atoms with Gasteiger partial charge in [-0.1, -0.05) is 0 Å². The molecule has 2 heterocycles. The van der Waals surface area contributed by atoms with Crippen molar-refractivity contribution in [1.82, 2.24) is 10.2 Å². The number of guanidine groups is 1. The summed E-state index contributed by atoms with van der Waals surface area (Å²) in [5, 5.41) is 6.74. The molecule has 1 unspecified atom stereocenters. The molecular weight excluding hydrogens is 384 g/mol. The van der Waals surface area contributed by atoms with Gasteiger partial charge in [-0.25, -0.2) is 0 Å². The molecule has 0 spiro atoms. The average Bonchev–Trinajstić information content (AvgIpc) is 3.20. The molecule has 1 atom stereocenters. The molecule has 1 aromatic carbocycles. The number of morpholine rings is 1. The number of nitrogens with one attached hydrogen (secondary N) is 2. The van der Waals surface area contributed by atoms with Gasteiger partial charge in [0.25, 0.3) is 0 Å². The van der Waals surface area contributed by atoms with Gasteiger partial charge >= 0.3 is 0 Å². The van der Waals surface area contributed by atoms with Gasteiger partial charge in [0.2, 0.25) is 0 Å². The number of furan rings is 1. The third kappa shape index (κ3) is 5.67. The number of hydrogen-bond donors (Lipinski definition) is 2. The van der Waals surface area contributed by atoms with Crippen molar-refractivity contribution in [3.05, 3.63) is 41.9 Å². The first kappa shape index (κ1) is 22.0. The smallest absolute Gasteiger partial charge is 0.195 e. The van der Waals surface area contributed by atoms with Gasteiger partial charge in [-0.2, -0.15) is 0 Å². The molecule has 164 valence electrons. The molecule has 1 aromatic heterocycles. The fourth-order valence-electron chi connectivity index (χ4n) is 3.46. The normalized spacial score (nSPS) is 16.2. The summed E-state index contributed by atoms with van der Waals surface area (Å²) in [5.74, 6) is 3.92. The van der Waals surface area contributed by atoms with Crippen molar-refractivity contribution in [1.29, 1.82) is 0 Å². The van der Waals surface area contributed by atoms with Gasteiger partial charge in [0, 0.05) is 38.4 Å². The lowest BCUT2D eigenvalue weighted by molar-refractivity contribution is 0.0125. The molecule has 8 heteroatoms. The van der Waals surface area contributed by atoms with Gasteiger partial charge < -0.3 is 29.3 Å². The number of aryl methyl sites for hydroxylation is 1. The maximum atomic E-state index is 5.94. The SMILES string of the molecule is CCOc1ccc(NC(=NC)NCC(c2ccc(C)o2)N2CCOCC2)cc1OC. The van der Waals surface area contributed by atoms with Gasteiger partial charge in [0.15, 0.2) is 17.5 Å². The van der Waals surface area contributed by atoms with E-state index in [2.05, 4.69) is 20.5 Å². The van der Waals surface area contributed by atoms with Crippen molar-refractivity contribution >= 4 is 11.6 Å². The number of aliphatic imine (C=N–C) groups is 1. The lowest BCUT2D eigenvalue weighted by atomic mass is 10.1. The molecule has 1 saturated heterocycles. The summed E-state index contributed by atoms with van der Waals surface area (Å²) in [6.07, 6.45) is 0. The monoisotopic (exact) mass is 416 g/mol. The van der Waals surface area contributed by atoms with Crippen LogP contribution in [0.15, 0.2) is 39.7 Å². The zero-order valence-corrected chi connectivity index (χ0v) is 18.2. The van der Waals surface area contributed by atoms with Crippen molar-refractivity contribution in [3.8, 4) is 11.5 Å². The Morgan fingerprint density at radius 2 is 2.00 bits per heavy atom. The first-order valence-electron chi connectivity index (χ1n) is 10.3. The van der Waals surface area contributed by atoms with Gasteiger partial charge in [-0.3, -0.25) is 9.89 Å². The summed E-state index contributed by atoms with van der Waals surface area (Å²) >= 11 is 0. The fraction of sp³-hybridized carbons (Fsp3) is 0.500. The van der Waals surface area contributed by atoms with Gasteiger partial charge in [-0.05, 0) is 38.1 Å². The van der Waals surface area contributed by atoms with Gasteiger partial charge in [0.1, 0.15) is 11.5 Å². The molecule has 0 amide bonds. The Labute approximate surface area is 178 Å². The second kappa shape index (κ2) is 10.9. The predicted molar refractivity (Wildman–Crippen MR) is 118 cm³/mol. The van der Waals surface area contributed by atoms with Crippen LogP contribution in [0.1, 0.15) is 24.5 Å². The maximum Gasteiger partial charge on any atom is 0.195 e. The molecule has 1 aliphatic rings. The van der Waals surface area contributed by atoms with E-state index in [-0.39, 0.29) is 6.04 Å². The first-order valence-corrected chi connectivity index (χ1v) is 10.3. The molecule has 0 radical (unpaired) electrons. The van der Waals surface area contributed by atoms with E-state index in [1.54, 1.807) is 14.2 Å². The second-order valence-electron chi connectivity index (χ2n) is 6.99. The fourth-order valence-corrected chi connectivity index (χ4v) is 3.46. The summed E-state index contributed by atoms with van der Waals surface area (Å²) in [6.45, 7) is 8.35. The topological polar surface area (TPSA) is 80.5 Å². The number of hydrogen-bond acceptors (Lipinski definition) is 6. The summed E-state index contributed by atoms with van der Waals surface area (Å²) in [7, 11) is 3.38. The van der Waals surface area contributed by atoms with Crippen LogP contribution in [0, 0.1) is 6.92 Å². The van der Waals surface area contributed by atoms with E-state index < -0.39 is 0 Å². The summed E-state index contributed by atoms with van der Waals surface area (Å²) in [5.41, 5.74) is 0.861. The van der Waals surface area contributed by atoms with Crippen LogP contribution in [-0.4, -0.2) is 64.5 Å². The maximum absolute atomic E-state index is 5.94. The minimum atomic E-state index is 0.0935. The zero-order chi connectivity index (χ0) is 21.3. The molecule has 2 N–H and O–H groups in total. The minimum Gasteiger partial charge on any atom is -0.493 e. The Bertz CT molecular complexity index is 830. The highest BCUT2D eigenvalue weighted by atomic mass is 16.5. The summed E-state index contributed by atoms with van der Waals surface area (Å²) in [6, 6.07) is 9.87. The molecule has 0 aliphatic carbocycles. The first-order chi connectivity index (χ1) is 14.6. The second-order valence-corrected chi connectivity index (χ2v) is 6.99. The van der Waals surface area contributed by atoms with E-state index in [4.69, 9.17) is 18.6 Å². The van der Waals surface area contributed by atoms with Crippen molar-refractivity contribution < 1.29 is 18.6 Å². The number of ether oxygens (including phenoxy) is 3. The number of methoxy groups -OCH3 is 1. The molecule has 0 bridgehead atoms. The Balaban J connectivity index is 1.68. The summed E-state index contributed by atoms with van der Waals surface area (Å²) < 4.78 is 22.5. The van der Waals surface area contributed by atoms with E-state index in [1.807, 2.05) is 44.2 Å². The molecule has 30 heavy (non-hydrogen) atoms. The average molecular weight is 417 g/mol. The Morgan fingerprint density at radius 3 is 2.63 bits per heavy atom. The molecule has 2 aromatic rings. The zero-order valence-electron chi connectivity index (χ0n) is 18.2. The van der Waals surface area contributed by atoms with Crippen LogP contribution < -0.4 is 20.1 Å². The summed E-state index contributed by atoms with van der Waals surface area (Å²) in [4.78, 5) is 6.74. The van der Waals surface area contributed by atoms with E-state index >= 15 is 0 Å². The van der Waals surface area contributed by atoms with Crippen molar-refractivity contribution in [3.63, 3.8) is 0 Å². The molecular formula is C22H32N4O4. The number of nitrogens with zero attached hydrogens (tertiary/aromatic N) is 2. The number of anilines is 1. The standard InChI is InChI=1S/C22H32N4O4/c1-5-29-20-9-7-17(14-21(20)27-4)25-22(23-3)24-15-18(19-8-6-16(2)30-19)26-10-12-28-13-11-26/h6-9,14,18H,5,10-13,15H2,1-4H3,(H2,23,24,25). The van der Waals surface area contributed by atoms with Crippen LogP contribution in [0.25, 0.3) is 0 Å². The third-order valence-electron chi connectivity index (χ3n) is 4.99. The highest BCUT2D eigenvalue weighted by Gasteiger charge is 2.25. The number of rotatable bonds is 8. The van der Waals surface area contributed by atoms with Crippen LogP contribution >= 0.6 is 0 Å². The van der Waals surface area contributed by atoms with Crippen molar-refractivity contribution in [2.45, 2.75) is 19.9 Å². The van der Waals surface area contributed by atoms with E-state index in [0.717, 1.165) is 43.5 Å². The molecule has 8 nitrogen and oxygen atoms in total. The van der Waals surface area contributed by atoms with Crippen molar-refractivity contribution in [2.75, 3.05) is 58.9 Å². The Morgan fingerprint density at radius 1 is 1.20 bits per heavy atom. The van der Waals surface area contributed by atoms with Gasteiger partial charge in [-0.15, -0.1) is 0 Å². The van der Waals surface area contributed by atoms with E-state index in [9.17, 15) is 0 Å². The quantitative estimate of drug-likeness (QED) is 0.506. The Hall–Kier alpha value is -2.71. The van der Waals surface area contributed by atoms with Crippen LogP contribution in [0.5, 0.6) is 11.5 Å². The highest BCUT2D eigenvalue weighted by Crippen LogP contribution is 2.30. The van der Waals surface area contributed by atoms with E-state index in [1.165, 1.54) is 0 Å². The Kier molecular flexibility index (Phi) is 7.98. The van der Waals surface area contributed by atoms with Crippen LogP contribution in [0.4, 0.5) is 5.69 Å². The van der Waals surface area contributed by atoms with Crippen LogP contribution in [0.2, 0.25) is 0 Å². The number of benzene rings is 1. The van der Waals surface area contributed by atoms with Crippen LogP contribution in [-0.2, 0) is 4.74 Å².